The molecule has 0 radical (unpaired) electrons. The standard InChI is InChI=1S/C25H28N4O/c1-18-7-9-20(10-8-18)23-11-12-24(28-27-23)29-15-13-21(14-16-29)25(30)26-17-22-6-4-3-5-19(22)2/h3-12,21H,13-17H2,1-2H3,(H,26,30). The van der Waals surface area contributed by atoms with Gasteiger partial charge in [0.05, 0.1) is 5.69 Å². The topological polar surface area (TPSA) is 58.1 Å². The van der Waals surface area contributed by atoms with Crippen LogP contribution < -0.4 is 10.2 Å². The minimum absolute atomic E-state index is 0.0602. The Hall–Kier alpha value is -3.21. The van der Waals surface area contributed by atoms with Gasteiger partial charge in [-0.25, -0.2) is 0 Å². The van der Waals surface area contributed by atoms with Gasteiger partial charge in [-0.05, 0) is 49.9 Å². The first-order chi connectivity index (χ1) is 14.6. The van der Waals surface area contributed by atoms with Gasteiger partial charge in [0, 0.05) is 31.1 Å². The van der Waals surface area contributed by atoms with Crippen LogP contribution in [0.5, 0.6) is 0 Å². The first kappa shape index (κ1) is 20.1. The Bertz CT molecular complexity index is 990. The second kappa shape index (κ2) is 9.08. The molecule has 2 aromatic carbocycles. The maximum Gasteiger partial charge on any atom is 0.223 e. The largest absolute Gasteiger partial charge is 0.355 e. The molecule has 0 saturated carbocycles. The summed E-state index contributed by atoms with van der Waals surface area (Å²) in [6, 6.07) is 20.5. The van der Waals surface area contributed by atoms with Crippen LogP contribution in [0.25, 0.3) is 11.3 Å². The predicted molar refractivity (Wildman–Crippen MR) is 120 cm³/mol. The molecule has 4 rings (SSSR count). The summed E-state index contributed by atoms with van der Waals surface area (Å²) in [5, 5.41) is 11.9. The minimum atomic E-state index is 0.0602. The lowest BCUT2D eigenvalue weighted by Gasteiger charge is -2.31. The molecule has 0 spiro atoms. The van der Waals surface area contributed by atoms with E-state index in [1.165, 1.54) is 16.7 Å². The third-order valence-corrected chi connectivity index (χ3v) is 5.90. The molecule has 1 aromatic heterocycles. The van der Waals surface area contributed by atoms with Crippen molar-refractivity contribution in [2.75, 3.05) is 18.0 Å². The molecular weight excluding hydrogens is 372 g/mol. The maximum atomic E-state index is 12.6. The molecule has 30 heavy (non-hydrogen) atoms. The van der Waals surface area contributed by atoms with Gasteiger partial charge in [0.1, 0.15) is 0 Å². The molecule has 5 heteroatoms. The van der Waals surface area contributed by atoms with Crippen LogP contribution in [0.2, 0.25) is 0 Å². The van der Waals surface area contributed by atoms with E-state index in [4.69, 9.17) is 0 Å². The average Bonchev–Trinajstić information content (AvgIpc) is 2.79. The number of hydrogen-bond donors (Lipinski definition) is 1. The van der Waals surface area contributed by atoms with Crippen molar-refractivity contribution in [3.63, 3.8) is 0 Å². The highest BCUT2D eigenvalue weighted by atomic mass is 16.1. The van der Waals surface area contributed by atoms with Gasteiger partial charge in [-0.15, -0.1) is 10.2 Å². The van der Waals surface area contributed by atoms with Crippen molar-refractivity contribution < 1.29 is 4.79 Å². The summed E-state index contributed by atoms with van der Waals surface area (Å²) in [6.45, 7) is 6.38. The van der Waals surface area contributed by atoms with E-state index in [-0.39, 0.29) is 11.8 Å². The molecule has 0 bridgehead atoms. The van der Waals surface area contributed by atoms with E-state index < -0.39 is 0 Å². The fourth-order valence-electron chi connectivity index (χ4n) is 3.88. The molecule has 1 saturated heterocycles. The smallest absolute Gasteiger partial charge is 0.223 e. The van der Waals surface area contributed by atoms with Crippen molar-refractivity contribution in [1.82, 2.24) is 15.5 Å². The molecule has 2 heterocycles. The monoisotopic (exact) mass is 400 g/mol. The molecule has 154 valence electrons. The fraction of sp³-hybridized carbons (Fsp3) is 0.320. The highest BCUT2D eigenvalue weighted by molar-refractivity contribution is 5.79. The maximum absolute atomic E-state index is 12.6. The first-order valence-corrected chi connectivity index (χ1v) is 10.6. The normalized spacial score (nSPS) is 14.5. The third kappa shape index (κ3) is 4.67. The average molecular weight is 401 g/mol. The summed E-state index contributed by atoms with van der Waals surface area (Å²) in [4.78, 5) is 14.8. The Morgan fingerprint density at radius 1 is 0.967 bits per heavy atom. The zero-order chi connectivity index (χ0) is 20.9. The van der Waals surface area contributed by atoms with E-state index in [0.29, 0.717) is 6.54 Å². The highest BCUT2D eigenvalue weighted by Gasteiger charge is 2.25. The van der Waals surface area contributed by atoms with E-state index in [1.54, 1.807) is 0 Å². The number of nitrogens with one attached hydrogen (secondary N) is 1. The van der Waals surface area contributed by atoms with Gasteiger partial charge in [0.15, 0.2) is 5.82 Å². The quantitative estimate of drug-likeness (QED) is 0.694. The molecular formula is C25H28N4O. The van der Waals surface area contributed by atoms with Crippen molar-refractivity contribution in [1.29, 1.82) is 0 Å². The third-order valence-electron chi connectivity index (χ3n) is 5.90. The van der Waals surface area contributed by atoms with Crippen LogP contribution >= 0.6 is 0 Å². The van der Waals surface area contributed by atoms with Crippen molar-refractivity contribution >= 4 is 11.7 Å². The number of rotatable bonds is 5. The summed E-state index contributed by atoms with van der Waals surface area (Å²) >= 11 is 0. The molecule has 0 aliphatic carbocycles. The Morgan fingerprint density at radius 2 is 1.70 bits per heavy atom. The van der Waals surface area contributed by atoms with Crippen molar-refractivity contribution in [3.8, 4) is 11.3 Å². The summed E-state index contributed by atoms with van der Waals surface area (Å²) in [6.07, 6.45) is 1.67. The number of aromatic nitrogens is 2. The van der Waals surface area contributed by atoms with Crippen molar-refractivity contribution in [3.05, 3.63) is 77.4 Å². The molecule has 1 amide bonds. The zero-order valence-electron chi connectivity index (χ0n) is 17.6. The van der Waals surface area contributed by atoms with Crippen molar-refractivity contribution in [2.45, 2.75) is 33.2 Å². The van der Waals surface area contributed by atoms with Gasteiger partial charge in [-0.3, -0.25) is 4.79 Å². The van der Waals surface area contributed by atoms with Gasteiger partial charge in [-0.2, -0.15) is 0 Å². The lowest BCUT2D eigenvalue weighted by molar-refractivity contribution is -0.125. The van der Waals surface area contributed by atoms with Crippen molar-refractivity contribution in [2.24, 2.45) is 5.92 Å². The lowest BCUT2D eigenvalue weighted by Crippen LogP contribution is -2.40. The molecule has 1 aliphatic rings. The summed E-state index contributed by atoms with van der Waals surface area (Å²) in [5.41, 5.74) is 5.56. The van der Waals surface area contributed by atoms with Crippen LogP contribution in [0.4, 0.5) is 5.82 Å². The summed E-state index contributed by atoms with van der Waals surface area (Å²) < 4.78 is 0. The SMILES string of the molecule is Cc1ccc(-c2ccc(N3CCC(C(=O)NCc4ccccc4C)CC3)nn2)cc1. The Labute approximate surface area is 178 Å². The number of piperidine rings is 1. The minimum Gasteiger partial charge on any atom is -0.355 e. The number of carbonyl (C=O) groups excluding carboxylic acids is 1. The molecule has 1 aliphatic heterocycles. The Balaban J connectivity index is 1.30. The number of amides is 1. The van der Waals surface area contributed by atoms with Gasteiger partial charge < -0.3 is 10.2 Å². The van der Waals surface area contributed by atoms with E-state index in [9.17, 15) is 4.79 Å². The van der Waals surface area contributed by atoms with Gasteiger partial charge in [0.2, 0.25) is 5.91 Å². The van der Waals surface area contributed by atoms with E-state index in [2.05, 4.69) is 70.7 Å². The first-order valence-electron chi connectivity index (χ1n) is 10.6. The summed E-state index contributed by atoms with van der Waals surface area (Å²) in [7, 11) is 0. The van der Waals surface area contributed by atoms with Gasteiger partial charge >= 0.3 is 0 Å². The molecule has 0 unspecified atom stereocenters. The number of carbonyl (C=O) groups is 1. The van der Waals surface area contributed by atoms with E-state index in [1.807, 2.05) is 24.3 Å². The van der Waals surface area contributed by atoms with E-state index >= 15 is 0 Å². The molecule has 1 fully saturated rings. The second-order valence-corrected chi connectivity index (χ2v) is 8.05. The molecule has 5 nitrogen and oxygen atoms in total. The van der Waals surface area contributed by atoms with Crippen LogP contribution in [-0.4, -0.2) is 29.2 Å². The van der Waals surface area contributed by atoms with Crippen LogP contribution in [-0.2, 0) is 11.3 Å². The fourth-order valence-corrected chi connectivity index (χ4v) is 3.88. The van der Waals surface area contributed by atoms with E-state index in [0.717, 1.165) is 43.0 Å². The number of benzene rings is 2. The Kier molecular flexibility index (Phi) is 6.07. The molecule has 1 N–H and O–H groups in total. The highest BCUT2D eigenvalue weighted by Crippen LogP contribution is 2.24. The van der Waals surface area contributed by atoms with Gasteiger partial charge in [0.25, 0.3) is 0 Å². The Morgan fingerprint density at radius 3 is 2.37 bits per heavy atom. The van der Waals surface area contributed by atoms with Crippen LogP contribution in [0.3, 0.4) is 0 Å². The predicted octanol–water partition coefficient (Wildman–Crippen LogP) is 4.29. The number of aryl methyl sites for hydroxylation is 2. The number of anilines is 1. The van der Waals surface area contributed by atoms with Crippen LogP contribution in [0.1, 0.15) is 29.5 Å². The van der Waals surface area contributed by atoms with Crippen LogP contribution in [0.15, 0.2) is 60.7 Å². The number of nitrogens with zero attached hydrogens (tertiary/aromatic N) is 3. The zero-order valence-corrected chi connectivity index (χ0v) is 17.6. The van der Waals surface area contributed by atoms with Gasteiger partial charge in [-0.1, -0.05) is 54.1 Å². The second-order valence-electron chi connectivity index (χ2n) is 8.05. The molecule has 0 atom stereocenters. The lowest BCUT2D eigenvalue weighted by atomic mass is 9.95. The summed E-state index contributed by atoms with van der Waals surface area (Å²) in [5.74, 6) is 1.09. The van der Waals surface area contributed by atoms with Crippen LogP contribution in [0, 0.1) is 19.8 Å². The molecule has 3 aromatic rings. The number of hydrogen-bond acceptors (Lipinski definition) is 4.